The Morgan fingerprint density at radius 1 is 0.964 bits per heavy atom. The highest BCUT2D eigenvalue weighted by atomic mass is 35.5. The summed E-state index contributed by atoms with van der Waals surface area (Å²) in [5.74, 6) is 2.21. The van der Waals surface area contributed by atoms with Crippen molar-refractivity contribution in [2.45, 2.75) is 94.6 Å². The van der Waals surface area contributed by atoms with Gasteiger partial charge in [0.05, 0.1) is 49.3 Å². The van der Waals surface area contributed by atoms with Crippen LogP contribution in [-0.4, -0.2) is 46.7 Å². The number of carbonyl (C=O) groups excluding carboxylic acids is 1. The van der Waals surface area contributed by atoms with Gasteiger partial charge in [0.25, 0.3) is 0 Å². The molecule has 0 amide bonds. The van der Waals surface area contributed by atoms with Crippen LogP contribution in [0.5, 0.6) is 11.5 Å². The lowest BCUT2D eigenvalue weighted by atomic mass is 9.96. The number of ether oxygens (including phenoxy) is 4. The molecule has 2 aliphatic rings. The van der Waals surface area contributed by atoms with E-state index in [4.69, 9.17) is 35.6 Å². The van der Waals surface area contributed by atoms with Gasteiger partial charge in [-0.1, -0.05) is 73.3 Å². The van der Waals surface area contributed by atoms with Crippen LogP contribution < -0.4 is 9.47 Å². The van der Waals surface area contributed by atoms with Gasteiger partial charge in [0.15, 0.2) is 0 Å². The Kier molecular flexibility index (Phi) is 11.9. The van der Waals surface area contributed by atoms with Gasteiger partial charge in [0, 0.05) is 51.8 Å². The van der Waals surface area contributed by atoms with E-state index in [1.165, 1.54) is 30.5 Å². The van der Waals surface area contributed by atoms with Crippen molar-refractivity contribution in [2.75, 3.05) is 20.3 Å². The van der Waals surface area contributed by atoms with E-state index in [9.17, 15) is 4.79 Å². The monoisotopic (exact) mass is 791 g/mol. The minimum atomic E-state index is -0.335. The number of benzene rings is 4. The van der Waals surface area contributed by atoms with Crippen molar-refractivity contribution in [3.8, 4) is 22.6 Å². The number of carbonyl (C=O) groups is 1. The number of aromatic nitrogens is 3. The second-order valence-corrected chi connectivity index (χ2v) is 16.3. The Hall–Kier alpha value is -4.44. The molecule has 0 N–H and O–H groups in total. The fourth-order valence-corrected chi connectivity index (χ4v) is 9.70. The topological polar surface area (TPSA) is 76.7 Å². The maximum atomic E-state index is 13.8. The van der Waals surface area contributed by atoms with E-state index in [-0.39, 0.29) is 18.7 Å². The van der Waals surface area contributed by atoms with Crippen LogP contribution in [0.4, 0.5) is 0 Å². The number of hydrogen-bond donors (Lipinski definition) is 0. The summed E-state index contributed by atoms with van der Waals surface area (Å²) in [7, 11) is 3.64. The van der Waals surface area contributed by atoms with Crippen LogP contribution in [0.2, 0.25) is 5.02 Å². The summed E-state index contributed by atoms with van der Waals surface area (Å²) < 4.78 is 28.2. The highest BCUT2D eigenvalue weighted by Crippen LogP contribution is 2.44. The second-order valence-electron chi connectivity index (χ2n) is 14.8. The van der Waals surface area contributed by atoms with Gasteiger partial charge >= 0.3 is 5.97 Å². The third kappa shape index (κ3) is 7.91. The lowest BCUT2D eigenvalue weighted by Gasteiger charge is -2.22. The van der Waals surface area contributed by atoms with Gasteiger partial charge in [-0.25, -0.2) is 4.79 Å². The molecule has 1 aliphatic heterocycles. The normalized spacial score (nSPS) is 14.4. The first-order valence-corrected chi connectivity index (χ1v) is 21.4. The molecular weight excluding hydrogens is 742 g/mol. The van der Waals surface area contributed by atoms with Gasteiger partial charge in [0.1, 0.15) is 17.2 Å². The maximum Gasteiger partial charge on any atom is 0.355 e. The fourth-order valence-electron chi connectivity index (χ4n) is 8.53. The van der Waals surface area contributed by atoms with Crippen molar-refractivity contribution in [1.29, 1.82) is 0 Å². The number of hydrogen-bond acceptors (Lipinski definition) is 7. The van der Waals surface area contributed by atoms with Gasteiger partial charge in [0.2, 0.25) is 0 Å². The largest absolute Gasteiger partial charge is 0.497 e. The SMILES string of the molecule is CCOC(=O)c1c(CCCOc2cc(SCc3ccc(OC)cc3)cc3ccccc23)c2ccc(Cl)c(-c3c(COC4CCCCC4)nn4c3CCC4)c2n1C. The van der Waals surface area contributed by atoms with Crippen molar-refractivity contribution in [2.24, 2.45) is 7.05 Å². The van der Waals surface area contributed by atoms with Gasteiger partial charge in [-0.2, -0.15) is 5.10 Å². The number of aryl methyl sites for hydroxylation is 3. The van der Waals surface area contributed by atoms with Gasteiger partial charge < -0.3 is 23.5 Å². The molecule has 0 spiro atoms. The number of esters is 1. The Morgan fingerprint density at radius 2 is 1.79 bits per heavy atom. The zero-order chi connectivity index (χ0) is 38.6. The quantitative estimate of drug-likeness (QED) is 0.0582. The Labute approximate surface area is 338 Å². The number of nitrogens with zero attached hydrogens (tertiary/aromatic N) is 3. The van der Waals surface area contributed by atoms with Gasteiger partial charge in [-0.15, -0.1) is 11.8 Å². The van der Waals surface area contributed by atoms with Crippen LogP contribution in [-0.2, 0) is 48.3 Å². The average molecular weight is 792 g/mol. The van der Waals surface area contributed by atoms with E-state index in [1.807, 2.05) is 42.8 Å². The first-order valence-electron chi connectivity index (χ1n) is 20.0. The van der Waals surface area contributed by atoms with Crippen molar-refractivity contribution < 1.29 is 23.7 Å². The molecule has 56 heavy (non-hydrogen) atoms. The maximum absolute atomic E-state index is 13.8. The number of rotatable bonds is 15. The lowest BCUT2D eigenvalue weighted by Crippen LogP contribution is -2.16. The third-order valence-corrected chi connectivity index (χ3v) is 12.6. The molecule has 2 aromatic heterocycles. The number of thioether (sulfide) groups is 1. The van der Waals surface area contributed by atoms with E-state index >= 15 is 0 Å². The summed E-state index contributed by atoms with van der Waals surface area (Å²) in [6.07, 6.45) is 9.44. The van der Waals surface area contributed by atoms with E-state index in [0.717, 1.165) is 98.4 Å². The van der Waals surface area contributed by atoms with Crippen molar-refractivity contribution in [3.63, 3.8) is 0 Å². The van der Waals surface area contributed by atoms with E-state index in [1.54, 1.807) is 18.9 Å². The minimum absolute atomic E-state index is 0.261. The molecule has 3 heterocycles. The Balaban J connectivity index is 1.08. The smallest absolute Gasteiger partial charge is 0.355 e. The molecule has 0 unspecified atom stereocenters. The molecular formula is C46H50ClN3O5S. The molecule has 0 bridgehead atoms. The number of fused-ring (bicyclic) bond motifs is 3. The summed E-state index contributed by atoms with van der Waals surface area (Å²) in [6.45, 7) is 3.94. The molecule has 1 fully saturated rings. The van der Waals surface area contributed by atoms with Gasteiger partial charge in [-0.3, -0.25) is 4.68 Å². The highest BCUT2D eigenvalue weighted by molar-refractivity contribution is 7.98. The Bertz CT molecular complexity index is 2340. The van der Waals surface area contributed by atoms with E-state index < -0.39 is 0 Å². The molecule has 0 atom stereocenters. The summed E-state index contributed by atoms with van der Waals surface area (Å²) in [5, 5.41) is 8.94. The molecule has 6 aromatic rings. The molecule has 1 saturated carbocycles. The molecule has 1 aliphatic carbocycles. The standard InChI is InChI=1S/C46H50ClN3O5S/c1-4-53-46(51)45-36(16-11-25-54-41-27-34(26-31-12-8-9-15-35(31)41)56-29-30-18-20-32(52-3)21-19-30)37-22-23-38(47)42(44(37)49(45)2)43-39(48-50-24-10-17-40(43)50)28-55-33-13-6-5-7-14-33/h8-9,12,15,18-23,26-27,33H,4-7,10-11,13-14,16-17,24-25,28-29H2,1-3H3. The summed E-state index contributed by atoms with van der Waals surface area (Å²) >= 11 is 8.97. The van der Waals surface area contributed by atoms with Gasteiger partial charge in [-0.05, 0) is 92.3 Å². The van der Waals surface area contributed by atoms with Crippen LogP contribution in [0.1, 0.15) is 84.9 Å². The first kappa shape index (κ1) is 38.4. The molecule has 0 radical (unpaired) electrons. The van der Waals surface area contributed by atoms with Crippen LogP contribution >= 0.6 is 23.4 Å². The fraction of sp³-hybridized carbons (Fsp3) is 0.391. The first-order chi connectivity index (χ1) is 27.4. The number of methoxy groups -OCH3 is 1. The zero-order valence-electron chi connectivity index (χ0n) is 32.6. The average Bonchev–Trinajstić information content (AvgIpc) is 3.90. The van der Waals surface area contributed by atoms with Crippen LogP contribution in [0.15, 0.2) is 77.7 Å². The summed E-state index contributed by atoms with van der Waals surface area (Å²) in [6, 6.07) is 25.0. The molecule has 0 saturated heterocycles. The number of halogens is 1. The zero-order valence-corrected chi connectivity index (χ0v) is 34.1. The highest BCUT2D eigenvalue weighted by Gasteiger charge is 2.31. The van der Waals surface area contributed by atoms with Crippen molar-refractivity contribution >= 4 is 51.0 Å². The van der Waals surface area contributed by atoms with Crippen LogP contribution in [0, 0.1) is 0 Å². The molecule has 8 nitrogen and oxygen atoms in total. The molecule has 4 aromatic carbocycles. The lowest BCUT2D eigenvalue weighted by molar-refractivity contribution is 0.0152. The van der Waals surface area contributed by atoms with E-state index in [0.29, 0.717) is 36.8 Å². The third-order valence-electron chi connectivity index (χ3n) is 11.2. The van der Waals surface area contributed by atoms with Crippen LogP contribution in [0.3, 0.4) is 0 Å². The second kappa shape index (κ2) is 17.4. The van der Waals surface area contributed by atoms with Crippen molar-refractivity contribution in [1.82, 2.24) is 14.3 Å². The predicted molar refractivity (Wildman–Crippen MR) is 225 cm³/mol. The molecule has 292 valence electrons. The van der Waals surface area contributed by atoms with Crippen molar-refractivity contribution in [3.05, 3.63) is 106 Å². The van der Waals surface area contributed by atoms with Crippen LogP contribution in [0.25, 0.3) is 32.8 Å². The molecule has 8 rings (SSSR count). The Morgan fingerprint density at radius 3 is 2.59 bits per heavy atom. The summed E-state index contributed by atoms with van der Waals surface area (Å²) in [5.41, 5.74) is 7.72. The predicted octanol–water partition coefficient (Wildman–Crippen LogP) is 11.1. The summed E-state index contributed by atoms with van der Waals surface area (Å²) in [4.78, 5) is 14.9. The molecule has 10 heteroatoms. The van der Waals surface area contributed by atoms with E-state index in [2.05, 4.69) is 53.2 Å². The minimum Gasteiger partial charge on any atom is -0.497 e.